The van der Waals surface area contributed by atoms with E-state index >= 15 is 0 Å². The average Bonchev–Trinajstić information content (AvgIpc) is 2.90. The topological polar surface area (TPSA) is 21.3 Å². The molecule has 4 heteroatoms. The van der Waals surface area contributed by atoms with Crippen molar-refractivity contribution in [2.75, 3.05) is 6.54 Å². The van der Waals surface area contributed by atoms with Gasteiger partial charge in [-0.1, -0.05) is 19.1 Å². The molecule has 1 N–H and O–H groups in total. The first-order valence-corrected chi connectivity index (χ1v) is 9.02. The van der Waals surface area contributed by atoms with Gasteiger partial charge in [0.1, 0.15) is 12.4 Å². The highest BCUT2D eigenvalue weighted by Crippen LogP contribution is 2.22. The quantitative estimate of drug-likeness (QED) is 0.706. The SMILES string of the molecule is CCCNC(C)Cc1ccc(OCc2cc(Br)cs2)cc1. The van der Waals surface area contributed by atoms with Crippen LogP contribution in [0.1, 0.15) is 30.7 Å². The van der Waals surface area contributed by atoms with E-state index in [4.69, 9.17) is 4.74 Å². The fourth-order valence-electron chi connectivity index (χ4n) is 2.12. The van der Waals surface area contributed by atoms with Crippen molar-refractivity contribution in [3.05, 3.63) is 50.6 Å². The van der Waals surface area contributed by atoms with E-state index in [2.05, 4.69) is 70.8 Å². The second-order valence-electron chi connectivity index (χ2n) is 5.22. The van der Waals surface area contributed by atoms with E-state index in [-0.39, 0.29) is 0 Å². The Morgan fingerprint density at radius 3 is 2.67 bits per heavy atom. The lowest BCUT2D eigenvalue weighted by Gasteiger charge is -2.13. The lowest BCUT2D eigenvalue weighted by molar-refractivity contribution is 0.309. The Hall–Kier alpha value is -0.840. The summed E-state index contributed by atoms with van der Waals surface area (Å²) in [5.41, 5.74) is 1.34. The van der Waals surface area contributed by atoms with E-state index in [1.807, 2.05) is 0 Å². The number of halogens is 1. The summed E-state index contributed by atoms with van der Waals surface area (Å²) < 4.78 is 6.92. The van der Waals surface area contributed by atoms with Gasteiger partial charge in [-0.2, -0.15) is 0 Å². The maximum absolute atomic E-state index is 5.80. The molecule has 21 heavy (non-hydrogen) atoms. The van der Waals surface area contributed by atoms with E-state index < -0.39 is 0 Å². The fraction of sp³-hybridized carbons (Fsp3) is 0.412. The second-order valence-corrected chi connectivity index (χ2v) is 7.13. The molecule has 0 amide bonds. The van der Waals surface area contributed by atoms with E-state index in [0.717, 1.165) is 23.2 Å². The van der Waals surface area contributed by atoms with Crippen LogP contribution in [0, 0.1) is 0 Å². The highest BCUT2D eigenvalue weighted by Gasteiger charge is 2.03. The fourth-order valence-corrected chi connectivity index (χ4v) is 3.48. The monoisotopic (exact) mass is 367 g/mol. The number of hydrogen-bond acceptors (Lipinski definition) is 3. The molecule has 0 aliphatic carbocycles. The minimum absolute atomic E-state index is 0.514. The first-order valence-electron chi connectivity index (χ1n) is 7.35. The zero-order chi connectivity index (χ0) is 15.1. The molecule has 1 atom stereocenters. The molecule has 0 saturated carbocycles. The van der Waals surface area contributed by atoms with Crippen molar-refractivity contribution in [3.63, 3.8) is 0 Å². The number of benzene rings is 1. The highest BCUT2D eigenvalue weighted by atomic mass is 79.9. The molecule has 0 aliphatic rings. The summed E-state index contributed by atoms with van der Waals surface area (Å²) in [5.74, 6) is 0.928. The molecule has 0 saturated heterocycles. The minimum atomic E-state index is 0.514. The lowest BCUT2D eigenvalue weighted by Crippen LogP contribution is -2.28. The van der Waals surface area contributed by atoms with E-state index in [9.17, 15) is 0 Å². The van der Waals surface area contributed by atoms with Crippen LogP contribution in [0.3, 0.4) is 0 Å². The maximum atomic E-state index is 5.80. The van der Waals surface area contributed by atoms with Crippen LogP contribution < -0.4 is 10.1 Å². The van der Waals surface area contributed by atoms with Crippen LogP contribution in [0.2, 0.25) is 0 Å². The Kier molecular flexibility index (Phi) is 6.74. The summed E-state index contributed by atoms with van der Waals surface area (Å²) in [6.07, 6.45) is 2.23. The molecule has 2 aromatic rings. The first kappa shape index (κ1) is 16.5. The summed E-state index contributed by atoms with van der Waals surface area (Å²) in [6.45, 7) is 6.13. The average molecular weight is 368 g/mol. The van der Waals surface area contributed by atoms with E-state index in [0.29, 0.717) is 12.6 Å². The third kappa shape index (κ3) is 5.81. The van der Waals surface area contributed by atoms with Crippen LogP contribution in [0.5, 0.6) is 5.75 Å². The molecule has 2 rings (SSSR count). The number of ether oxygens (including phenoxy) is 1. The Bertz CT molecular complexity index is 538. The van der Waals surface area contributed by atoms with Gasteiger partial charge in [-0.25, -0.2) is 0 Å². The maximum Gasteiger partial charge on any atom is 0.122 e. The molecule has 114 valence electrons. The third-order valence-corrected chi connectivity index (χ3v) is 4.88. The predicted molar refractivity (Wildman–Crippen MR) is 94.3 cm³/mol. The Balaban J connectivity index is 1.81. The molecule has 0 spiro atoms. The Morgan fingerprint density at radius 2 is 2.05 bits per heavy atom. The predicted octanol–water partition coefficient (Wildman–Crippen LogP) is 5.02. The van der Waals surface area contributed by atoms with Crippen LogP contribution >= 0.6 is 27.3 Å². The largest absolute Gasteiger partial charge is 0.488 e. The van der Waals surface area contributed by atoms with Crippen LogP contribution in [-0.4, -0.2) is 12.6 Å². The molecule has 1 aromatic heterocycles. The van der Waals surface area contributed by atoms with Gasteiger partial charge in [0.2, 0.25) is 0 Å². The standard InChI is InChI=1S/C17H22BrNOS/c1-3-8-19-13(2)9-14-4-6-16(7-5-14)20-11-17-10-15(18)12-21-17/h4-7,10,12-13,19H,3,8-9,11H2,1-2H3. The van der Waals surface area contributed by atoms with Gasteiger partial charge in [0, 0.05) is 20.8 Å². The minimum Gasteiger partial charge on any atom is -0.488 e. The highest BCUT2D eigenvalue weighted by molar-refractivity contribution is 9.10. The third-order valence-electron chi connectivity index (χ3n) is 3.21. The van der Waals surface area contributed by atoms with Crippen LogP contribution in [0.4, 0.5) is 0 Å². The molecule has 0 bridgehead atoms. The Morgan fingerprint density at radius 1 is 1.29 bits per heavy atom. The van der Waals surface area contributed by atoms with Crippen molar-refractivity contribution in [1.29, 1.82) is 0 Å². The number of thiophene rings is 1. The molecule has 1 aromatic carbocycles. The van der Waals surface area contributed by atoms with Gasteiger partial charge in [0.25, 0.3) is 0 Å². The number of hydrogen-bond donors (Lipinski definition) is 1. The Labute approximate surface area is 139 Å². The van der Waals surface area contributed by atoms with E-state index in [1.54, 1.807) is 11.3 Å². The van der Waals surface area contributed by atoms with Gasteiger partial charge in [-0.3, -0.25) is 0 Å². The van der Waals surface area contributed by atoms with Crippen LogP contribution in [0.25, 0.3) is 0 Å². The molecular formula is C17H22BrNOS. The molecular weight excluding hydrogens is 346 g/mol. The van der Waals surface area contributed by atoms with Gasteiger partial charge in [-0.15, -0.1) is 11.3 Å². The first-order chi connectivity index (χ1) is 10.2. The van der Waals surface area contributed by atoms with Crippen molar-refractivity contribution < 1.29 is 4.74 Å². The van der Waals surface area contributed by atoms with Crippen molar-refractivity contribution >= 4 is 27.3 Å². The van der Waals surface area contributed by atoms with Gasteiger partial charge >= 0.3 is 0 Å². The van der Waals surface area contributed by atoms with Crippen LogP contribution in [0.15, 0.2) is 40.2 Å². The second kappa shape index (κ2) is 8.57. The molecule has 1 unspecified atom stereocenters. The molecule has 0 fully saturated rings. The van der Waals surface area contributed by atoms with Gasteiger partial charge in [0.15, 0.2) is 0 Å². The van der Waals surface area contributed by atoms with Gasteiger partial charge in [-0.05, 0) is 66.0 Å². The van der Waals surface area contributed by atoms with Crippen LogP contribution in [-0.2, 0) is 13.0 Å². The van der Waals surface area contributed by atoms with E-state index in [1.165, 1.54) is 16.9 Å². The summed E-state index contributed by atoms with van der Waals surface area (Å²) in [5, 5.41) is 5.59. The van der Waals surface area contributed by atoms with Gasteiger partial charge in [0.05, 0.1) is 0 Å². The lowest BCUT2D eigenvalue weighted by atomic mass is 10.1. The van der Waals surface area contributed by atoms with Crippen molar-refractivity contribution in [3.8, 4) is 5.75 Å². The van der Waals surface area contributed by atoms with Crippen molar-refractivity contribution in [2.45, 2.75) is 39.3 Å². The summed E-state index contributed by atoms with van der Waals surface area (Å²) in [7, 11) is 0. The molecule has 2 nitrogen and oxygen atoms in total. The smallest absolute Gasteiger partial charge is 0.122 e. The normalized spacial score (nSPS) is 12.3. The van der Waals surface area contributed by atoms with Gasteiger partial charge < -0.3 is 10.1 Å². The molecule has 0 radical (unpaired) electrons. The number of nitrogens with one attached hydrogen (secondary N) is 1. The molecule has 1 heterocycles. The zero-order valence-corrected chi connectivity index (χ0v) is 15.0. The summed E-state index contributed by atoms with van der Waals surface area (Å²) >= 11 is 5.17. The van der Waals surface area contributed by atoms with Crippen molar-refractivity contribution in [1.82, 2.24) is 5.32 Å². The number of rotatable bonds is 8. The zero-order valence-electron chi connectivity index (χ0n) is 12.6. The summed E-state index contributed by atoms with van der Waals surface area (Å²) in [4.78, 5) is 1.23. The van der Waals surface area contributed by atoms with Crippen molar-refractivity contribution in [2.24, 2.45) is 0 Å². The molecule has 0 aliphatic heterocycles. The summed E-state index contributed by atoms with van der Waals surface area (Å²) in [6, 6.07) is 11.0.